The fraction of sp³-hybridized carbons (Fsp3) is 0.118. The summed E-state index contributed by atoms with van der Waals surface area (Å²) in [5.41, 5.74) is 1.51. The van der Waals surface area contributed by atoms with Gasteiger partial charge in [0, 0.05) is 16.8 Å². The molecule has 7 nitrogen and oxygen atoms in total. The Balaban J connectivity index is 2.19. The highest BCUT2D eigenvalue weighted by Crippen LogP contribution is 2.38. The Morgan fingerprint density at radius 1 is 1.24 bits per heavy atom. The monoisotopic (exact) mass is 360 g/mol. The molecule has 0 atom stereocenters. The first-order valence-electron chi connectivity index (χ1n) is 7.34. The van der Waals surface area contributed by atoms with Gasteiger partial charge in [0.15, 0.2) is 0 Å². The molecule has 1 aliphatic heterocycles. The average molecular weight is 360 g/mol. The van der Waals surface area contributed by atoms with Gasteiger partial charge in [-0.2, -0.15) is 0 Å². The van der Waals surface area contributed by atoms with Crippen LogP contribution in [0.5, 0.6) is 11.5 Å². The molecule has 1 aliphatic rings. The van der Waals surface area contributed by atoms with Crippen LogP contribution >= 0.6 is 0 Å². The quantitative estimate of drug-likeness (QED) is 0.721. The van der Waals surface area contributed by atoms with E-state index in [-0.39, 0.29) is 22.1 Å². The molecule has 0 aromatic heterocycles. The van der Waals surface area contributed by atoms with Crippen molar-refractivity contribution < 1.29 is 23.1 Å². The van der Waals surface area contributed by atoms with Gasteiger partial charge in [-0.3, -0.25) is 4.79 Å². The van der Waals surface area contributed by atoms with Gasteiger partial charge in [0.2, 0.25) is 10.0 Å². The van der Waals surface area contributed by atoms with Crippen LogP contribution in [0.3, 0.4) is 0 Å². The summed E-state index contributed by atoms with van der Waals surface area (Å²) in [5, 5.41) is 12.8. The van der Waals surface area contributed by atoms with Crippen LogP contribution in [0.1, 0.15) is 11.1 Å². The highest BCUT2D eigenvalue weighted by Gasteiger charge is 2.27. The lowest BCUT2D eigenvalue weighted by atomic mass is 10.0. The molecule has 1 heterocycles. The van der Waals surface area contributed by atoms with Crippen molar-refractivity contribution in [3.8, 4) is 11.5 Å². The maximum absolute atomic E-state index is 12.3. The number of hydrogen-bond donors (Lipinski definition) is 3. The molecule has 8 heteroatoms. The predicted molar refractivity (Wildman–Crippen MR) is 93.8 cm³/mol. The first-order chi connectivity index (χ1) is 11.9. The smallest absolute Gasteiger partial charge is 0.256 e. The third-order valence-corrected chi connectivity index (χ3v) is 5.32. The summed E-state index contributed by atoms with van der Waals surface area (Å²) >= 11 is 0. The summed E-state index contributed by atoms with van der Waals surface area (Å²) in [6, 6.07) is 9.11. The van der Waals surface area contributed by atoms with Crippen LogP contribution < -0.4 is 14.8 Å². The van der Waals surface area contributed by atoms with E-state index < -0.39 is 10.0 Å². The zero-order valence-corrected chi connectivity index (χ0v) is 14.3. The van der Waals surface area contributed by atoms with Gasteiger partial charge in [0.25, 0.3) is 5.91 Å². The number of fused-ring (bicyclic) bond motifs is 1. The van der Waals surface area contributed by atoms with Gasteiger partial charge in [-0.25, -0.2) is 13.1 Å². The molecule has 0 saturated carbocycles. The van der Waals surface area contributed by atoms with E-state index in [2.05, 4.69) is 10.0 Å². The Labute approximate surface area is 145 Å². The Bertz CT molecular complexity index is 996. The second-order valence-corrected chi connectivity index (χ2v) is 7.21. The number of carbonyl (C=O) groups is 1. The SMILES string of the molecule is CNS(=O)(=O)c1ccc2c(c1)C(=Cc1c(O)cccc1OC)C(=O)N2. The summed E-state index contributed by atoms with van der Waals surface area (Å²) in [6.07, 6.45) is 1.48. The molecule has 0 bridgehead atoms. The first kappa shape index (κ1) is 17.0. The molecular weight excluding hydrogens is 344 g/mol. The largest absolute Gasteiger partial charge is 0.507 e. The molecular formula is C17H16N2O5S. The van der Waals surface area contributed by atoms with Crippen LogP contribution in [0, 0.1) is 0 Å². The Morgan fingerprint density at radius 3 is 2.68 bits per heavy atom. The highest BCUT2D eigenvalue weighted by atomic mass is 32.2. The van der Waals surface area contributed by atoms with Gasteiger partial charge in [0.1, 0.15) is 11.5 Å². The lowest BCUT2D eigenvalue weighted by Crippen LogP contribution is -2.18. The number of phenolic OH excluding ortho intramolecular Hbond substituents is 1. The summed E-state index contributed by atoms with van der Waals surface area (Å²) in [5.74, 6) is -0.0424. The fourth-order valence-corrected chi connectivity index (χ4v) is 3.35. The molecule has 25 heavy (non-hydrogen) atoms. The zero-order chi connectivity index (χ0) is 18.2. The van der Waals surface area contributed by atoms with Gasteiger partial charge >= 0.3 is 0 Å². The van der Waals surface area contributed by atoms with Gasteiger partial charge < -0.3 is 15.2 Å². The number of sulfonamides is 1. The van der Waals surface area contributed by atoms with Crippen LogP contribution in [0.4, 0.5) is 5.69 Å². The summed E-state index contributed by atoms with van der Waals surface area (Å²) in [6.45, 7) is 0. The van der Waals surface area contributed by atoms with Crippen molar-refractivity contribution in [1.29, 1.82) is 0 Å². The molecule has 0 fully saturated rings. The first-order valence-corrected chi connectivity index (χ1v) is 8.82. The third-order valence-electron chi connectivity index (χ3n) is 3.90. The van der Waals surface area contributed by atoms with E-state index in [1.54, 1.807) is 12.1 Å². The lowest BCUT2D eigenvalue weighted by molar-refractivity contribution is -0.110. The maximum Gasteiger partial charge on any atom is 0.256 e. The molecule has 0 spiro atoms. The number of phenols is 1. The number of carbonyl (C=O) groups excluding carboxylic acids is 1. The van der Waals surface area contributed by atoms with Crippen molar-refractivity contribution in [2.24, 2.45) is 0 Å². The van der Waals surface area contributed by atoms with Crippen LogP contribution in [0.25, 0.3) is 11.6 Å². The van der Waals surface area contributed by atoms with Crippen LogP contribution in [-0.2, 0) is 14.8 Å². The maximum atomic E-state index is 12.3. The fourth-order valence-electron chi connectivity index (χ4n) is 2.60. The highest BCUT2D eigenvalue weighted by molar-refractivity contribution is 7.89. The van der Waals surface area contributed by atoms with Crippen molar-refractivity contribution in [2.75, 3.05) is 19.5 Å². The minimum Gasteiger partial charge on any atom is -0.507 e. The van der Waals surface area contributed by atoms with E-state index in [1.165, 1.54) is 44.5 Å². The molecule has 130 valence electrons. The number of anilines is 1. The van der Waals surface area contributed by atoms with Crippen molar-refractivity contribution in [3.05, 3.63) is 47.5 Å². The average Bonchev–Trinajstić information content (AvgIpc) is 2.91. The van der Waals surface area contributed by atoms with E-state index in [0.717, 1.165) is 0 Å². The van der Waals surface area contributed by atoms with Crippen molar-refractivity contribution >= 4 is 33.3 Å². The lowest BCUT2D eigenvalue weighted by Gasteiger charge is -2.08. The molecule has 0 saturated heterocycles. The molecule has 2 aromatic carbocycles. The standard InChI is InChI=1S/C17H16N2O5S/c1-18-25(22,23)10-6-7-14-11(8-10)12(17(21)19-14)9-13-15(20)4-3-5-16(13)24-2/h3-9,18,20H,1-2H3,(H,19,21). The second-order valence-electron chi connectivity index (χ2n) is 5.32. The van der Waals surface area contributed by atoms with E-state index in [9.17, 15) is 18.3 Å². The predicted octanol–water partition coefficient (Wildman–Crippen LogP) is 1.80. The number of benzene rings is 2. The van der Waals surface area contributed by atoms with Gasteiger partial charge in [0.05, 0.1) is 17.6 Å². The van der Waals surface area contributed by atoms with Gasteiger partial charge in [-0.15, -0.1) is 0 Å². The molecule has 0 radical (unpaired) electrons. The Kier molecular flexibility index (Phi) is 4.23. The zero-order valence-electron chi connectivity index (χ0n) is 13.5. The molecule has 3 rings (SSSR count). The number of aromatic hydroxyl groups is 1. The summed E-state index contributed by atoms with van der Waals surface area (Å²) < 4.78 is 31.5. The number of amides is 1. The van der Waals surface area contributed by atoms with Crippen molar-refractivity contribution in [2.45, 2.75) is 4.90 Å². The van der Waals surface area contributed by atoms with E-state index in [4.69, 9.17) is 4.74 Å². The molecule has 1 amide bonds. The summed E-state index contributed by atoms with van der Waals surface area (Å²) in [7, 11) is -0.874. The van der Waals surface area contributed by atoms with Crippen molar-refractivity contribution in [3.63, 3.8) is 0 Å². The normalized spacial score (nSPS) is 15.1. The second kappa shape index (κ2) is 6.23. The molecule has 2 aromatic rings. The summed E-state index contributed by atoms with van der Waals surface area (Å²) in [4.78, 5) is 12.4. The topological polar surface area (TPSA) is 105 Å². The Morgan fingerprint density at radius 2 is 2.00 bits per heavy atom. The van der Waals surface area contributed by atoms with E-state index >= 15 is 0 Å². The van der Waals surface area contributed by atoms with Crippen molar-refractivity contribution in [1.82, 2.24) is 4.72 Å². The molecule has 0 unspecified atom stereocenters. The number of nitrogens with one attached hydrogen (secondary N) is 2. The number of ether oxygens (including phenoxy) is 1. The minimum absolute atomic E-state index is 0.0420. The number of rotatable bonds is 4. The molecule has 3 N–H and O–H groups in total. The van der Waals surface area contributed by atoms with Crippen LogP contribution in [-0.4, -0.2) is 33.6 Å². The van der Waals surface area contributed by atoms with Crippen LogP contribution in [0.2, 0.25) is 0 Å². The molecule has 0 aliphatic carbocycles. The third kappa shape index (κ3) is 2.97. The van der Waals surface area contributed by atoms with Crippen LogP contribution in [0.15, 0.2) is 41.3 Å². The number of hydrogen-bond acceptors (Lipinski definition) is 5. The van der Waals surface area contributed by atoms with Gasteiger partial charge in [-0.1, -0.05) is 6.07 Å². The van der Waals surface area contributed by atoms with E-state index in [1.807, 2.05) is 0 Å². The number of methoxy groups -OCH3 is 1. The van der Waals surface area contributed by atoms with E-state index in [0.29, 0.717) is 22.6 Å². The Hall–Kier alpha value is -2.84. The minimum atomic E-state index is -3.64. The van der Waals surface area contributed by atoms with Gasteiger partial charge in [-0.05, 0) is 43.5 Å².